The van der Waals surface area contributed by atoms with Crippen molar-refractivity contribution in [2.75, 3.05) is 11.9 Å². The number of fused-ring (bicyclic) bond motifs is 1. The molecule has 2 heterocycles. The number of hydrogen-bond donors (Lipinski definition) is 1. The number of pyridine rings is 1. The van der Waals surface area contributed by atoms with Crippen LogP contribution in [0.4, 0.5) is 5.82 Å². The Bertz CT molecular complexity index is 762. The Balaban J connectivity index is 2.15. The number of nitrogens with zero attached hydrogens (tertiary/aromatic N) is 3. The predicted molar refractivity (Wildman–Crippen MR) is 86.3 cm³/mol. The van der Waals surface area contributed by atoms with Crippen molar-refractivity contribution in [1.82, 2.24) is 15.0 Å². The predicted octanol–water partition coefficient (Wildman–Crippen LogP) is 3.82. The van der Waals surface area contributed by atoms with Crippen LogP contribution < -0.4 is 5.32 Å². The lowest BCUT2D eigenvalue weighted by atomic mass is 10.0. The van der Waals surface area contributed by atoms with Gasteiger partial charge in [-0.3, -0.25) is 4.98 Å². The minimum Gasteiger partial charge on any atom is -0.370 e. The number of rotatable bonds is 4. The third kappa shape index (κ3) is 2.57. The van der Waals surface area contributed by atoms with Crippen LogP contribution in [-0.4, -0.2) is 21.5 Å². The third-order valence-corrected chi connectivity index (χ3v) is 3.56. The molecule has 21 heavy (non-hydrogen) atoms. The van der Waals surface area contributed by atoms with Crippen LogP contribution in [0.15, 0.2) is 43.0 Å². The van der Waals surface area contributed by atoms with Crippen LogP contribution in [0, 0.1) is 6.92 Å². The lowest BCUT2D eigenvalue weighted by Crippen LogP contribution is -2.05. The van der Waals surface area contributed by atoms with E-state index in [0.29, 0.717) is 0 Å². The van der Waals surface area contributed by atoms with Crippen molar-refractivity contribution in [3.8, 4) is 11.3 Å². The van der Waals surface area contributed by atoms with Crippen LogP contribution in [0.2, 0.25) is 0 Å². The summed E-state index contributed by atoms with van der Waals surface area (Å²) in [5, 5.41) is 5.64. The molecule has 3 rings (SSSR count). The maximum absolute atomic E-state index is 4.50. The summed E-state index contributed by atoms with van der Waals surface area (Å²) in [5.41, 5.74) is 3.17. The number of anilines is 1. The molecular formula is C17H18N4. The second kappa shape index (κ2) is 5.87. The SMILES string of the molecule is CCCNc1ncnc(-c2cccc3cnccc23)c1C. The zero-order chi connectivity index (χ0) is 14.7. The minimum absolute atomic E-state index is 0.910. The minimum atomic E-state index is 0.910. The first-order valence-electron chi connectivity index (χ1n) is 7.20. The number of benzene rings is 1. The van der Waals surface area contributed by atoms with E-state index in [4.69, 9.17) is 0 Å². The highest BCUT2D eigenvalue weighted by Gasteiger charge is 2.11. The third-order valence-electron chi connectivity index (χ3n) is 3.56. The van der Waals surface area contributed by atoms with Crippen LogP contribution in [0.25, 0.3) is 22.0 Å². The highest BCUT2D eigenvalue weighted by molar-refractivity contribution is 5.96. The topological polar surface area (TPSA) is 50.7 Å². The molecule has 0 unspecified atom stereocenters. The molecule has 1 N–H and O–H groups in total. The summed E-state index contributed by atoms with van der Waals surface area (Å²) in [7, 11) is 0. The fraction of sp³-hybridized carbons (Fsp3) is 0.235. The van der Waals surface area contributed by atoms with Crippen LogP contribution in [0.3, 0.4) is 0 Å². The van der Waals surface area contributed by atoms with Crippen LogP contribution in [0.5, 0.6) is 0 Å². The van der Waals surface area contributed by atoms with Crippen LogP contribution in [0.1, 0.15) is 18.9 Å². The summed E-state index contributed by atoms with van der Waals surface area (Å²) in [6.07, 6.45) is 6.39. The molecule has 0 radical (unpaired) electrons. The molecule has 0 atom stereocenters. The van der Waals surface area contributed by atoms with E-state index in [-0.39, 0.29) is 0 Å². The van der Waals surface area contributed by atoms with E-state index in [0.717, 1.165) is 46.4 Å². The molecule has 3 aromatic rings. The summed E-state index contributed by atoms with van der Waals surface area (Å²) in [4.78, 5) is 13.0. The fourth-order valence-electron chi connectivity index (χ4n) is 2.47. The first-order chi connectivity index (χ1) is 10.3. The van der Waals surface area contributed by atoms with Gasteiger partial charge in [0.1, 0.15) is 12.1 Å². The Morgan fingerprint density at radius 3 is 2.90 bits per heavy atom. The molecule has 0 saturated carbocycles. The summed E-state index contributed by atoms with van der Waals surface area (Å²) in [6.45, 7) is 5.12. The molecule has 2 aromatic heterocycles. The summed E-state index contributed by atoms with van der Waals surface area (Å²) >= 11 is 0. The Morgan fingerprint density at radius 2 is 2.05 bits per heavy atom. The van der Waals surface area contributed by atoms with E-state index in [1.807, 2.05) is 24.5 Å². The lowest BCUT2D eigenvalue weighted by molar-refractivity contribution is 0.960. The second-order valence-corrected chi connectivity index (χ2v) is 5.03. The van der Waals surface area contributed by atoms with Gasteiger partial charge in [-0.15, -0.1) is 0 Å². The molecule has 106 valence electrons. The quantitative estimate of drug-likeness (QED) is 0.788. The van der Waals surface area contributed by atoms with E-state index < -0.39 is 0 Å². The summed E-state index contributed by atoms with van der Waals surface area (Å²) in [5.74, 6) is 0.910. The summed E-state index contributed by atoms with van der Waals surface area (Å²) < 4.78 is 0. The van der Waals surface area contributed by atoms with Crippen LogP contribution in [-0.2, 0) is 0 Å². The van der Waals surface area contributed by atoms with Gasteiger partial charge in [-0.2, -0.15) is 0 Å². The van der Waals surface area contributed by atoms with Gasteiger partial charge in [0.2, 0.25) is 0 Å². The Morgan fingerprint density at radius 1 is 1.14 bits per heavy atom. The molecule has 0 aliphatic rings. The Kier molecular flexibility index (Phi) is 3.77. The van der Waals surface area contributed by atoms with Crippen molar-refractivity contribution < 1.29 is 0 Å². The fourth-order valence-corrected chi connectivity index (χ4v) is 2.47. The Labute approximate surface area is 124 Å². The number of hydrogen-bond acceptors (Lipinski definition) is 4. The molecular weight excluding hydrogens is 260 g/mol. The van der Waals surface area contributed by atoms with Crippen LogP contribution >= 0.6 is 0 Å². The monoisotopic (exact) mass is 278 g/mol. The maximum Gasteiger partial charge on any atom is 0.132 e. The van der Waals surface area contributed by atoms with E-state index in [2.05, 4.69) is 46.2 Å². The van der Waals surface area contributed by atoms with E-state index in [1.165, 1.54) is 0 Å². The zero-order valence-corrected chi connectivity index (χ0v) is 12.3. The van der Waals surface area contributed by atoms with Gasteiger partial charge < -0.3 is 5.32 Å². The van der Waals surface area contributed by atoms with Crippen molar-refractivity contribution in [2.24, 2.45) is 0 Å². The maximum atomic E-state index is 4.50. The van der Waals surface area contributed by atoms with Crippen molar-refractivity contribution >= 4 is 16.6 Å². The molecule has 4 nitrogen and oxygen atoms in total. The normalized spacial score (nSPS) is 10.8. The molecule has 0 saturated heterocycles. The molecule has 0 spiro atoms. The summed E-state index contributed by atoms with van der Waals surface area (Å²) in [6, 6.07) is 8.24. The zero-order valence-electron chi connectivity index (χ0n) is 12.3. The van der Waals surface area contributed by atoms with E-state index in [9.17, 15) is 0 Å². The van der Waals surface area contributed by atoms with Crippen molar-refractivity contribution in [3.05, 3.63) is 48.5 Å². The highest BCUT2D eigenvalue weighted by atomic mass is 15.0. The van der Waals surface area contributed by atoms with Gasteiger partial charge in [0.15, 0.2) is 0 Å². The smallest absolute Gasteiger partial charge is 0.132 e. The van der Waals surface area contributed by atoms with Gasteiger partial charge in [0, 0.05) is 35.5 Å². The first kappa shape index (κ1) is 13.5. The number of aromatic nitrogens is 3. The van der Waals surface area contributed by atoms with Gasteiger partial charge in [-0.1, -0.05) is 25.1 Å². The molecule has 0 bridgehead atoms. The molecule has 0 fully saturated rings. The molecule has 0 amide bonds. The standard InChI is InChI=1S/C17H18N4/c1-3-8-19-17-12(2)16(20-11-21-17)15-6-4-5-13-10-18-9-7-14(13)15/h4-7,9-11H,3,8H2,1-2H3,(H,19,20,21). The molecule has 4 heteroatoms. The highest BCUT2D eigenvalue weighted by Crippen LogP contribution is 2.30. The van der Waals surface area contributed by atoms with E-state index >= 15 is 0 Å². The lowest BCUT2D eigenvalue weighted by Gasteiger charge is -2.12. The largest absolute Gasteiger partial charge is 0.370 e. The van der Waals surface area contributed by atoms with Crippen molar-refractivity contribution in [3.63, 3.8) is 0 Å². The molecule has 0 aliphatic carbocycles. The van der Waals surface area contributed by atoms with Crippen molar-refractivity contribution in [1.29, 1.82) is 0 Å². The second-order valence-electron chi connectivity index (χ2n) is 5.03. The van der Waals surface area contributed by atoms with Gasteiger partial charge in [0.05, 0.1) is 5.69 Å². The van der Waals surface area contributed by atoms with Crippen molar-refractivity contribution in [2.45, 2.75) is 20.3 Å². The number of nitrogens with one attached hydrogen (secondary N) is 1. The average molecular weight is 278 g/mol. The first-order valence-corrected chi connectivity index (χ1v) is 7.20. The van der Waals surface area contributed by atoms with Gasteiger partial charge in [0.25, 0.3) is 0 Å². The average Bonchev–Trinajstić information content (AvgIpc) is 2.53. The van der Waals surface area contributed by atoms with Gasteiger partial charge in [-0.05, 0) is 24.8 Å². The Hall–Kier alpha value is -2.49. The molecule has 0 aliphatic heterocycles. The molecule has 1 aromatic carbocycles. The van der Waals surface area contributed by atoms with E-state index in [1.54, 1.807) is 6.33 Å². The van der Waals surface area contributed by atoms with Gasteiger partial charge in [-0.25, -0.2) is 9.97 Å². The van der Waals surface area contributed by atoms with Gasteiger partial charge >= 0.3 is 0 Å².